The molecule has 1 heterocycles. The molecule has 0 fully saturated rings. The summed E-state index contributed by atoms with van der Waals surface area (Å²) in [6.07, 6.45) is 0. The molecule has 1 rings (SSSR count). The summed E-state index contributed by atoms with van der Waals surface area (Å²) in [4.78, 5) is 11.5. The van der Waals surface area contributed by atoms with Crippen molar-refractivity contribution in [3.05, 3.63) is 16.5 Å². The molecule has 0 N–H and O–H groups in total. The van der Waals surface area contributed by atoms with Gasteiger partial charge in [-0.1, -0.05) is 27.7 Å². The quantitative estimate of drug-likeness (QED) is 0.762. The third-order valence-corrected chi connectivity index (χ3v) is 3.10. The van der Waals surface area contributed by atoms with Crippen LogP contribution in [-0.4, -0.2) is 22.6 Å². The molecule has 0 spiro atoms. The number of anilines is 1. The Hall–Kier alpha value is -0.640. The van der Waals surface area contributed by atoms with E-state index in [9.17, 15) is 0 Å². The fraction of sp³-hybridized carbons (Fsp3) is 0.714. The van der Waals surface area contributed by atoms with Crippen LogP contribution in [0, 0.1) is 5.92 Å². The highest BCUT2D eigenvalue weighted by Gasteiger charge is 2.16. The largest absolute Gasteiger partial charge is 0.354 e. The first kappa shape index (κ1) is 15.4. The highest BCUT2D eigenvalue weighted by molar-refractivity contribution is 9.10. The summed E-state index contributed by atoms with van der Waals surface area (Å²) in [6.45, 7) is 14.1. The zero-order valence-electron chi connectivity index (χ0n) is 12.2. The van der Waals surface area contributed by atoms with Gasteiger partial charge in [-0.3, -0.25) is 0 Å². The first-order valence-electron chi connectivity index (χ1n) is 6.62. The lowest BCUT2D eigenvalue weighted by molar-refractivity contribution is 0.563. The Morgan fingerprint density at radius 2 is 1.72 bits per heavy atom. The fourth-order valence-electron chi connectivity index (χ4n) is 1.79. The number of hydrogen-bond donors (Lipinski definition) is 0. The molecule has 0 bridgehead atoms. The van der Waals surface area contributed by atoms with E-state index in [0.29, 0.717) is 17.9 Å². The molecule has 0 saturated carbocycles. The van der Waals surface area contributed by atoms with Crippen molar-refractivity contribution in [1.82, 2.24) is 9.97 Å². The molecule has 0 unspecified atom stereocenters. The van der Waals surface area contributed by atoms with Crippen LogP contribution in [0.5, 0.6) is 0 Å². The van der Waals surface area contributed by atoms with Gasteiger partial charge >= 0.3 is 0 Å². The van der Waals surface area contributed by atoms with E-state index in [1.807, 2.05) is 6.07 Å². The van der Waals surface area contributed by atoms with Crippen molar-refractivity contribution in [3.8, 4) is 0 Å². The lowest BCUT2D eigenvalue weighted by Gasteiger charge is -2.30. The van der Waals surface area contributed by atoms with Crippen molar-refractivity contribution in [2.45, 2.75) is 53.5 Å². The van der Waals surface area contributed by atoms with Gasteiger partial charge in [-0.2, -0.15) is 0 Å². The average molecular weight is 314 g/mol. The summed E-state index contributed by atoms with van der Waals surface area (Å²) in [6, 6.07) is 2.45. The zero-order chi connectivity index (χ0) is 13.9. The first-order valence-corrected chi connectivity index (χ1v) is 7.41. The summed E-state index contributed by atoms with van der Waals surface area (Å²) in [5.41, 5.74) is 0. The first-order chi connectivity index (χ1) is 8.31. The van der Waals surface area contributed by atoms with E-state index >= 15 is 0 Å². The van der Waals surface area contributed by atoms with E-state index in [4.69, 9.17) is 4.98 Å². The van der Waals surface area contributed by atoms with Crippen LogP contribution in [0.2, 0.25) is 0 Å². The number of aromatic nitrogens is 2. The summed E-state index contributed by atoms with van der Waals surface area (Å²) in [5, 5.41) is 0. The molecule has 0 aliphatic rings. The maximum atomic E-state index is 4.69. The van der Waals surface area contributed by atoms with E-state index in [2.05, 4.69) is 67.4 Å². The molecule has 1 aromatic rings. The fourth-order valence-corrected chi connectivity index (χ4v) is 2.18. The van der Waals surface area contributed by atoms with Gasteiger partial charge in [0.1, 0.15) is 16.2 Å². The molecule has 0 aliphatic carbocycles. The molecule has 4 heteroatoms. The van der Waals surface area contributed by atoms with Gasteiger partial charge in [-0.05, 0) is 35.7 Å². The molecule has 0 aliphatic heterocycles. The Labute approximate surface area is 119 Å². The van der Waals surface area contributed by atoms with Crippen molar-refractivity contribution < 1.29 is 0 Å². The zero-order valence-corrected chi connectivity index (χ0v) is 13.8. The minimum atomic E-state index is 0.342. The monoisotopic (exact) mass is 313 g/mol. The maximum Gasteiger partial charge on any atom is 0.134 e. The molecule has 0 aromatic carbocycles. The summed E-state index contributed by atoms with van der Waals surface area (Å²) in [5.74, 6) is 2.87. The Morgan fingerprint density at radius 1 is 1.11 bits per heavy atom. The molecule has 0 radical (unpaired) electrons. The van der Waals surface area contributed by atoms with Gasteiger partial charge in [0.05, 0.1) is 0 Å². The lowest BCUT2D eigenvalue weighted by Crippen LogP contribution is -2.35. The van der Waals surface area contributed by atoms with Gasteiger partial charge in [-0.15, -0.1) is 0 Å². The number of hydrogen-bond acceptors (Lipinski definition) is 3. The standard InChI is InChI=1S/C14H24BrN3/c1-9(2)8-18(11(5)6)13-7-12(15)16-14(17-13)10(3)4/h7,9-11H,8H2,1-6H3. The van der Waals surface area contributed by atoms with Crippen LogP contribution in [0.15, 0.2) is 10.7 Å². The van der Waals surface area contributed by atoms with Gasteiger partial charge in [0.15, 0.2) is 0 Å². The van der Waals surface area contributed by atoms with Crippen molar-refractivity contribution in [1.29, 1.82) is 0 Å². The lowest BCUT2D eigenvalue weighted by atomic mass is 10.1. The Kier molecular flexibility index (Phi) is 5.57. The number of nitrogens with zero attached hydrogens (tertiary/aromatic N) is 3. The van der Waals surface area contributed by atoms with E-state index in [-0.39, 0.29) is 0 Å². The third-order valence-electron chi connectivity index (χ3n) is 2.69. The topological polar surface area (TPSA) is 29.0 Å². The van der Waals surface area contributed by atoms with Gasteiger partial charge in [0, 0.05) is 24.6 Å². The predicted molar refractivity (Wildman–Crippen MR) is 81.1 cm³/mol. The Bertz CT molecular complexity index is 389. The van der Waals surface area contributed by atoms with E-state index in [1.165, 1.54) is 0 Å². The van der Waals surface area contributed by atoms with Gasteiger partial charge in [-0.25, -0.2) is 9.97 Å². The summed E-state index contributed by atoms with van der Waals surface area (Å²) in [7, 11) is 0. The summed E-state index contributed by atoms with van der Waals surface area (Å²) >= 11 is 3.49. The van der Waals surface area contributed by atoms with Crippen molar-refractivity contribution >= 4 is 21.7 Å². The molecule has 0 atom stereocenters. The van der Waals surface area contributed by atoms with Gasteiger partial charge < -0.3 is 4.90 Å². The van der Waals surface area contributed by atoms with Crippen molar-refractivity contribution in [3.63, 3.8) is 0 Å². The Balaban J connectivity index is 3.11. The highest BCUT2D eigenvalue weighted by atomic mass is 79.9. The molecule has 0 amide bonds. The smallest absolute Gasteiger partial charge is 0.134 e. The average Bonchev–Trinajstić information content (AvgIpc) is 2.24. The molecular formula is C14H24BrN3. The summed E-state index contributed by atoms with van der Waals surface area (Å²) < 4.78 is 0.866. The van der Waals surface area contributed by atoms with E-state index < -0.39 is 0 Å². The second kappa shape index (κ2) is 6.50. The molecule has 102 valence electrons. The van der Waals surface area contributed by atoms with Crippen LogP contribution < -0.4 is 4.90 Å². The van der Waals surface area contributed by atoms with Gasteiger partial charge in [0.25, 0.3) is 0 Å². The second-order valence-electron chi connectivity index (χ2n) is 5.70. The van der Waals surface area contributed by atoms with E-state index in [0.717, 1.165) is 22.8 Å². The van der Waals surface area contributed by atoms with Crippen LogP contribution in [0.4, 0.5) is 5.82 Å². The highest BCUT2D eigenvalue weighted by Crippen LogP contribution is 2.22. The third kappa shape index (κ3) is 4.23. The SMILES string of the molecule is CC(C)CN(c1cc(Br)nc(C(C)C)n1)C(C)C. The van der Waals surface area contributed by atoms with Crippen molar-refractivity contribution in [2.75, 3.05) is 11.4 Å². The van der Waals surface area contributed by atoms with Crippen LogP contribution in [0.3, 0.4) is 0 Å². The second-order valence-corrected chi connectivity index (χ2v) is 6.51. The predicted octanol–water partition coefficient (Wildman–Crippen LogP) is 4.23. The minimum absolute atomic E-state index is 0.342. The number of rotatable bonds is 5. The normalized spacial score (nSPS) is 11.7. The minimum Gasteiger partial charge on any atom is -0.354 e. The molecule has 18 heavy (non-hydrogen) atoms. The molecule has 0 saturated heterocycles. The number of halogens is 1. The molecular weight excluding hydrogens is 290 g/mol. The molecule has 1 aromatic heterocycles. The Morgan fingerprint density at radius 3 is 2.17 bits per heavy atom. The maximum absolute atomic E-state index is 4.69. The van der Waals surface area contributed by atoms with Crippen LogP contribution >= 0.6 is 15.9 Å². The van der Waals surface area contributed by atoms with Crippen LogP contribution in [0.1, 0.15) is 53.3 Å². The van der Waals surface area contributed by atoms with Crippen LogP contribution in [0.25, 0.3) is 0 Å². The van der Waals surface area contributed by atoms with Crippen molar-refractivity contribution in [2.24, 2.45) is 5.92 Å². The van der Waals surface area contributed by atoms with Crippen LogP contribution in [-0.2, 0) is 0 Å². The van der Waals surface area contributed by atoms with E-state index in [1.54, 1.807) is 0 Å². The molecule has 3 nitrogen and oxygen atoms in total. The van der Waals surface area contributed by atoms with Gasteiger partial charge in [0.2, 0.25) is 0 Å².